The van der Waals surface area contributed by atoms with Crippen LogP contribution < -0.4 is 0 Å². The fraction of sp³-hybridized carbons (Fsp3) is 0.976. The molecule has 312 valence electrons. The van der Waals surface area contributed by atoms with Crippen LogP contribution in [-0.2, 0) is 33.2 Å². The molecule has 7 N–H and O–H groups in total. The Morgan fingerprint density at radius 2 is 1.49 bits per heavy atom. The summed E-state index contributed by atoms with van der Waals surface area (Å²) in [6.45, 7) is 12.8. The van der Waals surface area contributed by atoms with E-state index in [1.807, 2.05) is 0 Å². The van der Waals surface area contributed by atoms with Gasteiger partial charge in [-0.2, -0.15) is 0 Å². The Balaban J connectivity index is 0.996. The van der Waals surface area contributed by atoms with Gasteiger partial charge in [-0.3, -0.25) is 4.79 Å². The lowest BCUT2D eigenvalue weighted by Gasteiger charge is -2.72. The van der Waals surface area contributed by atoms with E-state index in [0.717, 1.165) is 51.4 Å². The van der Waals surface area contributed by atoms with Crippen LogP contribution in [0.15, 0.2) is 0 Å². The van der Waals surface area contributed by atoms with Gasteiger partial charge in [-0.15, -0.1) is 0 Å². The Hall–Kier alpha value is -1.01. The van der Waals surface area contributed by atoms with Crippen LogP contribution in [0.1, 0.15) is 99.3 Å². The third kappa shape index (κ3) is 4.94. The zero-order chi connectivity index (χ0) is 39.5. The zero-order valence-electron chi connectivity index (χ0n) is 33.1. The molecular formula is C41H64O14. The van der Waals surface area contributed by atoms with Gasteiger partial charge in [0.15, 0.2) is 18.2 Å². The first-order chi connectivity index (χ1) is 25.8. The van der Waals surface area contributed by atoms with Gasteiger partial charge in [0.05, 0.1) is 37.4 Å². The third-order valence-electron chi connectivity index (χ3n) is 18.2. The van der Waals surface area contributed by atoms with E-state index in [1.54, 1.807) is 0 Å². The SMILES string of the molecule is CC1(C)CC[C@@]23CC[C@]4(C)[C@](OC2=O)([C@H]2O[C@H]2[C@@H]2[C@@]5(C)CC[C@H](O[C@@H]6OC[C@H](O)[C@H](O)[C@H]6O[C@@H]6O[C@H](CO)[C@@H](O)[C@H](O)[C@H]6O)[C@@](C)(CO)[C@@H]5CC[C@]24C)[C@H]3C1. The monoisotopic (exact) mass is 780 g/mol. The van der Waals surface area contributed by atoms with E-state index in [-0.39, 0.29) is 70.8 Å². The topological polar surface area (TPSA) is 217 Å². The van der Waals surface area contributed by atoms with Crippen LogP contribution in [0, 0.1) is 50.2 Å². The third-order valence-corrected chi connectivity index (χ3v) is 18.2. The number of carbonyl (C=O) groups is 1. The zero-order valence-corrected chi connectivity index (χ0v) is 33.1. The summed E-state index contributed by atoms with van der Waals surface area (Å²) in [6.07, 6.45) is -6.50. The van der Waals surface area contributed by atoms with Gasteiger partial charge in [0.25, 0.3) is 0 Å². The minimum absolute atomic E-state index is 0.00479. The number of hydrogen-bond donors (Lipinski definition) is 7. The van der Waals surface area contributed by atoms with Crippen LogP contribution in [-0.4, -0.2) is 141 Å². The Labute approximate surface area is 323 Å². The van der Waals surface area contributed by atoms with Crippen molar-refractivity contribution in [1.82, 2.24) is 0 Å². The number of carbonyl (C=O) groups excluding carboxylic acids is 1. The van der Waals surface area contributed by atoms with Crippen molar-refractivity contribution in [3.63, 3.8) is 0 Å². The molecule has 55 heavy (non-hydrogen) atoms. The van der Waals surface area contributed by atoms with E-state index in [4.69, 9.17) is 28.4 Å². The summed E-state index contributed by atoms with van der Waals surface area (Å²) in [7, 11) is 0. The lowest BCUT2D eigenvalue weighted by atomic mass is 9.30. The molecule has 4 heterocycles. The highest BCUT2D eigenvalue weighted by atomic mass is 16.8. The van der Waals surface area contributed by atoms with Gasteiger partial charge in [-0.05, 0) is 85.9 Å². The first-order valence-corrected chi connectivity index (χ1v) is 20.9. The Morgan fingerprint density at radius 3 is 2.20 bits per heavy atom. The standard InChI is InChI=1S/C41H64O14/c1-35(2)11-13-40-14-12-39(6)38(5)10-7-21-36(3,30(38)29-31(53-29)41(39,22(40)15-35)55-34(40)49)9-8-23(37(21,4)18-43)52-33-28(24(45)19(44)17-50-33)54-32-27(48)26(47)25(46)20(16-42)51-32/h19-33,42-48H,7-18H2,1-6H3/t19-,20+,21+,22-,23-,24-,25+,26-,27+,28+,29-,30+,31-,32-,33-,36-,37-,38+,39-,40-,41+/m0/s1. The summed E-state index contributed by atoms with van der Waals surface area (Å²) >= 11 is 0. The summed E-state index contributed by atoms with van der Waals surface area (Å²) in [5.74, 6) is 0.285. The number of rotatable bonds is 6. The quantitative estimate of drug-likeness (QED) is 0.114. The Bertz CT molecular complexity index is 1540. The molecule has 0 amide bonds. The van der Waals surface area contributed by atoms with E-state index < -0.39 is 84.4 Å². The molecule has 0 aromatic rings. The molecule has 5 saturated carbocycles. The van der Waals surface area contributed by atoms with Crippen LogP contribution in [0.5, 0.6) is 0 Å². The summed E-state index contributed by atoms with van der Waals surface area (Å²) in [5.41, 5.74) is -2.47. The van der Waals surface area contributed by atoms with Crippen molar-refractivity contribution in [1.29, 1.82) is 0 Å². The van der Waals surface area contributed by atoms with Crippen LogP contribution in [0.25, 0.3) is 0 Å². The second-order valence-corrected chi connectivity index (χ2v) is 21.0. The number of ether oxygens (including phenoxy) is 6. The molecule has 4 saturated heterocycles. The van der Waals surface area contributed by atoms with E-state index >= 15 is 0 Å². The normalized spacial score (nSPS) is 60.4. The lowest BCUT2D eigenvalue weighted by molar-refractivity contribution is -0.369. The number of hydrogen-bond acceptors (Lipinski definition) is 14. The Morgan fingerprint density at radius 1 is 0.764 bits per heavy atom. The minimum Gasteiger partial charge on any atom is -0.455 e. The summed E-state index contributed by atoms with van der Waals surface area (Å²) < 4.78 is 38.0. The molecule has 1 spiro atoms. The molecule has 9 rings (SSSR count). The number of epoxide rings is 1. The van der Waals surface area contributed by atoms with Gasteiger partial charge < -0.3 is 64.2 Å². The highest BCUT2D eigenvalue weighted by Crippen LogP contribution is 2.83. The van der Waals surface area contributed by atoms with Crippen LogP contribution in [0.3, 0.4) is 0 Å². The predicted molar refractivity (Wildman–Crippen MR) is 191 cm³/mol. The highest BCUT2D eigenvalue weighted by Gasteiger charge is 2.89. The molecule has 0 unspecified atom stereocenters. The van der Waals surface area contributed by atoms with Crippen molar-refractivity contribution in [2.75, 3.05) is 19.8 Å². The van der Waals surface area contributed by atoms with Crippen molar-refractivity contribution in [3.05, 3.63) is 0 Å². The van der Waals surface area contributed by atoms with Crippen molar-refractivity contribution in [2.24, 2.45) is 50.2 Å². The number of fused-ring (bicyclic) bond motifs is 6. The predicted octanol–water partition coefficient (Wildman–Crippen LogP) is 1.16. The summed E-state index contributed by atoms with van der Waals surface area (Å²) in [6, 6.07) is 0. The average Bonchev–Trinajstić information content (AvgIpc) is 3.90. The van der Waals surface area contributed by atoms with Gasteiger partial charge in [-0.1, -0.05) is 41.5 Å². The molecule has 5 aliphatic carbocycles. The largest absolute Gasteiger partial charge is 0.455 e. The van der Waals surface area contributed by atoms with E-state index in [1.165, 1.54) is 0 Å². The maximum absolute atomic E-state index is 14.1. The molecule has 9 fully saturated rings. The fourth-order valence-corrected chi connectivity index (χ4v) is 14.9. The van der Waals surface area contributed by atoms with Crippen LogP contribution in [0.2, 0.25) is 0 Å². The van der Waals surface area contributed by atoms with E-state index in [9.17, 15) is 40.5 Å². The Kier molecular flexibility index (Phi) is 8.98. The van der Waals surface area contributed by atoms with Crippen molar-refractivity contribution in [3.8, 4) is 0 Å². The van der Waals surface area contributed by atoms with E-state index in [0.29, 0.717) is 6.42 Å². The smallest absolute Gasteiger partial charge is 0.313 e. The molecule has 21 atom stereocenters. The van der Waals surface area contributed by atoms with Crippen molar-refractivity contribution in [2.45, 2.75) is 179 Å². The van der Waals surface area contributed by atoms with Crippen molar-refractivity contribution >= 4 is 5.97 Å². The minimum atomic E-state index is -1.73. The molecule has 14 heteroatoms. The first kappa shape index (κ1) is 39.5. The van der Waals surface area contributed by atoms with Gasteiger partial charge >= 0.3 is 5.97 Å². The fourth-order valence-electron chi connectivity index (χ4n) is 14.9. The average molecular weight is 781 g/mol. The molecule has 0 radical (unpaired) electrons. The number of esters is 1. The first-order valence-electron chi connectivity index (χ1n) is 20.9. The maximum atomic E-state index is 14.1. The van der Waals surface area contributed by atoms with Gasteiger partial charge in [0.2, 0.25) is 0 Å². The molecule has 0 aromatic carbocycles. The van der Waals surface area contributed by atoms with Gasteiger partial charge in [0, 0.05) is 16.7 Å². The second-order valence-electron chi connectivity index (χ2n) is 21.0. The second kappa shape index (κ2) is 12.5. The van der Waals surface area contributed by atoms with Crippen LogP contribution >= 0.6 is 0 Å². The molecule has 9 aliphatic rings. The summed E-state index contributed by atoms with van der Waals surface area (Å²) in [4.78, 5) is 14.1. The molecule has 4 aliphatic heterocycles. The summed E-state index contributed by atoms with van der Waals surface area (Å²) in [5, 5.41) is 74.2. The van der Waals surface area contributed by atoms with Crippen molar-refractivity contribution < 1.29 is 69.0 Å². The number of aliphatic hydroxyl groups is 7. The van der Waals surface area contributed by atoms with Gasteiger partial charge in [0.1, 0.15) is 48.8 Å². The molecule has 0 aromatic heterocycles. The molecular weight excluding hydrogens is 716 g/mol. The van der Waals surface area contributed by atoms with Crippen LogP contribution in [0.4, 0.5) is 0 Å². The molecule has 14 nitrogen and oxygen atoms in total. The van der Waals surface area contributed by atoms with E-state index in [2.05, 4.69) is 41.5 Å². The highest BCUT2D eigenvalue weighted by molar-refractivity contribution is 5.82. The maximum Gasteiger partial charge on any atom is 0.313 e. The molecule has 2 bridgehead atoms. The number of aliphatic hydroxyl groups excluding tert-OH is 7. The lowest BCUT2D eigenvalue weighted by Crippen LogP contribution is -2.75. The van der Waals surface area contributed by atoms with Gasteiger partial charge in [-0.25, -0.2) is 0 Å².